The molecule has 1 N–H and O–H groups in total. The molecule has 1 atom stereocenters. The van der Waals surface area contributed by atoms with Crippen LogP contribution >= 0.6 is 0 Å². The predicted molar refractivity (Wildman–Crippen MR) is 145 cm³/mol. The molecule has 0 unspecified atom stereocenters. The van der Waals surface area contributed by atoms with E-state index < -0.39 is 10.0 Å². The highest BCUT2D eigenvalue weighted by Crippen LogP contribution is 2.24. The molecule has 0 saturated heterocycles. The summed E-state index contributed by atoms with van der Waals surface area (Å²) >= 11 is 0. The molecule has 0 spiro atoms. The van der Waals surface area contributed by atoms with Crippen LogP contribution < -0.4 is 5.32 Å². The number of furan rings is 1. The third kappa shape index (κ3) is 6.26. The van der Waals surface area contributed by atoms with Gasteiger partial charge in [0.25, 0.3) is 0 Å². The molecular weight excluding hydrogens is 516 g/mol. The quantitative estimate of drug-likeness (QED) is 0.391. The number of nitrogens with one attached hydrogen (secondary N) is 1. The summed E-state index contributed by atoms with van der Waals surface area (Å²) in [5.41, 5.74) is 0.814. The minimum Gasteiger partial charge on any atom is -0.465 e. The van der Waals surface area contributed by atoms with Gasteiger partial charge in [-0.05, 0) is 62.6 Å². The van der Waals surface area contributed by atoms with Crippen LogP contribution in [0.2, 0.25) is 0 Å². The summed E-state index contributed by atoms with van der Waals surface area (Å²) in [5, 5.41) is 11.8. The molecule has 5 rings (SSSR count). The standard InChI is InChI=1S/C28H32N6O4S/c1-21-11-12-24(38-21)20-30-28(35)22-8-6-16-33(39(36,37)25-9-3-2-4-10-25)17-14-26-31-32-27(34(26)18-13-22)23-7-5-15-29-19-23/h2-5,7,9-12,15,19,22H,6,8,13-14,16-18,20H2,1H3,(H,30,35)/t22-/m0/s1. The van der Waals surface area contributed by atoms with Gasteiger partial charge in [-0.15, -0.1) is 10.2 Å². The van der Waals surface area contributed by atoms with E-state index in [9.17, 15) is 13.2 Å². The van der Waals surface area contributed by atoms with E-state index in [4.69, 9.17) is 4.42 Å². The molecule has 0 aliphatic carbocycles. The fourth-order valence-electron chi connectivity index (χ4n) is 4.89. The maximum absolute atomic E-state index is 13.5. The number of hydrogen-bond donors (Lipinski definition) is 1. The number of carbonyl (C=O) groups is 1. The molecule has 0 bridgehead atoms. The number of amides is 1. The molecule has 4 aromatic rings. The van der Waals surface area contributed by atoms with Crippen molar-refractivity contribution >= 4 is 15.9 Å². The Morgan fingerprint density at radius 2 is 1.87 bits per heavy atom. The molecule has 11 heteroatoms. The third-order valence-electron chi connectivity index (χ3n) is 6.98. The van der Waals surface area contributed by atoms with Gasteiger partial charge >= 0.3 is 0 Å². The average molecular weight is 549 g/mol. The van der Waals surface area contributed by atoms with Crippen LogP contribution in [0, 0.1) is 12.8 Å². The van der Waals surface area contributed by atoms with Crippen LogP contribution in [0.5, 0.6) is 0 Å². The zero-order chi connectivity index (χ0) is 27.2. The normalized spacial score (nSPS) is 17.2. The first-order valence-electron chi connectivity index (χ1n) is 13.1. The lowest BCUT2D eigenvalue weighted by Gasteiger charge is -2.22. The van der Waals surface area contributed by atoms with E-state index in [1.54, 1.807) is 42.7 Å². The van der Waals surface area contributed by atoms with Crippen LogP contribution in [0.1, 0.15) is 36.6 Å². The largest absolute Gasteiger partial charge is 0.465 e. The predicted octanol–water partition coefficient (Wildman–Crippen LogP) is 3.59. The second-order valence-electron chi connectivity index (χ2n) is 9.66. The van der Waals surface area contributed by atoms with Gasteiger partial charge in [-0.3, -0.25) is 9.78 Å². The minimum absolute atomic E-state index is 0.0849. The maximum Gasteiger partial charge on any atom is 0.243 e. The number of carbonyl (C=O) groups excluding carboxylic acids is 1. The molecule has 0 radical (unpaired) electrons. The Labute approximate surface area is 228 Å². The van der Waals surface area contributed by atoms with E-state index in [-0.39, 0.29) is 23.3 Å². The molecule has 1 amide bonds. The number of aromatic nitrogens is 4. The molecule has 39 heavy (non-hydrogen) atoms. The highest BCUT2D eigenvalue weighted by atomic mass is 32.2. The number of nitrogens with zero attached hydrogens (tertiary/aromatic N) is 5. The van der Waals surface area contributed by atoms with E-state index in [1.807, 2.05) is 35.8 Å². The van der Waals surface area contributed by atoms with Gasteiger partial charge in [-0.25, -0.2) is 8.42 Å². The zero-order valence-corrected chi connectivity index (χ0v) is 22.7. The van der Waals surface area contributed by atoms with Gasteiger partial charge in [-0.1, -0.05) is 18.2 Å². The average Bonchev–Trinajstić information content (AvgIpc) is 3.56. The van der Waals surface area contributed by atoms with Crippen LogP contribution in [0.15, 0.2) is 76.3 Å². The number of hydrogen-bond acceptors (Lipinski definition) is 7. The summed E-state index contributed by atoms with van der Waals surface area (Å²) in [6.07, 6.45) is 5.48. The van der Waals surface area contributed by atoms with E-state index in [0.29, 0.717) is 62.7 Å². The van der Waals surface area contributed by atoms with Crippen LogP contribution in [0.25, 0.3) is 11.4 Å². The maximum atomic E-state index is 13.5. The number of aryl methyl sites for hydroxylation is 1. The molecule has 1 aliphatic heterocycles. The van der Waals surface area contributed by atoms with Crippen molar-refractivity contribution in [3.63, 3.8) is 0 Å². The molecule has 204 valence electrons. The fraction of sp³-hybridized carbons (Fsp3) is 0.357. The first kappa shape index (κ1) is 26.8. The number of benzene rings is 1. The SMILES string of the molecule is Cc1ccc(CNC(=O)[C@H]2CCCN(S(=O)(=O)c3ccccc3)CCc3nnc(-c4cccnc4)n3CC2)o1. The summed E-state index contributed by atoms with van der Waals surface area (Å²) in [6.45, 7) is 3.26. The first-order chi connectivity index (χ1) is 18.9. The molecule has 0 saturated carbocycles. The smallest absolute Gasteiger partial charge is 0.243 e. The molecular formula is C28H32N6O4S. The molecule has 0 fully saturated rings. The van der Waals surface area contributed by atoms with Crippen molar-refractivity contribution in [1.29, 1.82) is 0 Å². The van der Waals surface area contributed by atoms with Crippen molar-refractivity contribution in [1.82, 2.24) is 29.4 Å². The van der Waals surface area contributed by atoms with Gasteiger partial charge in [-0.2, -0.15) is 4.31 Å². The summed E-state index contributed by atoms with van der Waals surface area (Å²) in [6, 6.07) is 15.9. The monoisotopic (exact) mass is 548 g/mol. The summed E-state index contributed by atoms with van der Waals surface area (Å²) < 4.78 is 36.2. The molecule has 3 aromatic heterocycles. The van der Waals surface area contributed by atoms with E-state index >= 15 is 0 Å². The summed E-state index contributed by atoms with van der Waals surface area (Å²) in [7, 11) is -3.72. The number of fused-ring (bicyclic) bond motifs is 1. The molecule has 4 heterocycles. The van der Waals surface area contributed by atoms with Crippen molar-refractivity contribution in [2.75, 3.05) is 13.1 Å². The van der Waals surface area contributed by atoms with Crippen LogP contribution in [-0.2, 0) is 34.3 Å². The van der Waals surface area contributed by atoms with Crippen molar-refractivity contribution < 1.29 is 17.6 Å². The minimum atomic E-state index is -3.72. The van der Waals surface area contributed by atoms with Crippen molar-refractivity contribution in [2.45, 2.75) is 50.6 Å². The number of sulfonamides is 1. The van der Waals surface area contributed by atoms with Crippen LogP contribution in [0.4, 0.5) is 0 Å². The van der Waals surface area contributed by atoms with Crippen molar-refractivity contribution in [3.8, 4) is 11.4 Å². The van der Waals surface area contributed by atoms with E-state index in [0.717, 1.165) is 11.3 Å². The summed E-state index contributed by atoms with van der Waals surface area (Å²) in [5.74, 6) is 2.40. The van der Waals surface area contributed by atoms with Crippen molar-refractivity contribution in [2.24, 2.45) is 5.92 Å². The number of rotatable bonds is 6. The van der Waals surface area contributed by atoms with Gasteiger partial charge in [0.15, 0.2) is 5.82 Å². The Morgan fingerprint density at radius 3 is 2.62 bits per heavy atom. The molecule has 1 aliphatic rings. The van der Waals surface area contributed by atoms with Crippen molar-refractivity contribution in [3.05, 3.63) is 84.3 Å². The summed E-state index contributed by atoms with van der Waals surface area (Å²) in [4.78, 5) is 17.8. The van der Waals surface area contributed by atoms with Gasteiger partial charge in [0, 0.05) is 49.9 Å². The van der Waals surface area contributed by atoms with Gasteiger partial charge in [0.2, 0.25) is 15.9 Å². The third-order valence-corrected chi connectivity index (χ3v) is 8.89. The van der Waals surface area contributed by atoms with E-state index in [1.165, 1.54) is 4.31 Å². The van der Waals surface area contributed by atoms with Crippen LogP contribution in [0.3, 0.4) is 0 Å². The lowest BCUT2D eigenvalue weighted by Crippen LogP contribution is -2.35. The Kier molecular flexibility index (Phi) is 8.18. The fourth-order valence-corrected chi connectivity index (χ4v) is 6.39. The Morgan fingerprint density at radius 1 is 1.03 bits per heavy atom. The Hall–Kier alpha value is -3.83. The Balaban J connectivity index is 1.42. The number of pyridine rings is 1. The second-order valence-corrected chi connectivity index (χ2v) is 11.6. The van der Waals surface area contributed by atoms with Gasteiger partial charge < -0.3 is 14.3 Å². The highest BCUT2D eigenvalue weighted by Gasteiger charge is 2.28. The van der Waals surface area contributed by atoms with E-state index in [2.05, 4.69) is 20.5 Å². The topological polar surface area (TPSA) is 123 Å². The zero-order valence-electron chi connectivity index (χ0n) is 21.9. The van der Waals surface area contributed by atoms with Gasteiger partial charge in [0.1, 0.15) is 17.3 Å². The van der Waals surface area contributed by atoms with Gasteiger partial charge in [0.05, 0.1) is 11.4 Å². The lowest BCUT2D eigenvalue weighted by molar-refractivity contribution is -0.125. The molecule has 10 nitrogen and oxygen atoms in total. The van der Waals surface area contributed by atoms with Crippen LogP contribution in [-0.4, -0.2) is 51.5 Å². The first-order valence-corrected chi connectivity index (χ1v) is 14.6. The second kappa shape index (κ2) is 11.9. The Bertz CT molecular complexity index is 1500. The molecule has 1 aromatic carbocycles. The highest BCUT2D eigenvalue weighted by molar-refractivity contribution is 7.89. The lowest BCUT2D eigenvalue weighted by atomic mass is 9.98.